The first-order valence-corrected chi connectivity index (χ1v) is 5.02. The van der Waals surface area contributed by atoms with E-state index >= 15 is 0 Å². The zero-order valence-electron chi connectivity index (χ0n) is 8.23. The lowest BCUT2D eigenvalue weighted by Crippen LogP contribution is -2.19. The first-order chi connectivity index (χ1) is 7.34. The van der Waals surface area contributed by atoms with Crippen LogP contribution in [0.15, 0.2) is 22.9 Å². The van der Waals surface area contributed by atoms with Crippen LogP contribution >= 0.6 is 0 Å². The highest BCUT2D eigenvalue weighted by Gasteiger charge is 2.48. The third-order valence-corrected chi connectivity index (χ3v) is 2.96. The SMILES string of the molecule is NCC1(c2nc(-c3ccc[nH]3)no2)CC1. The third-order valence-electron chi connectivity index (χ3n) is 2.96. The van der Waals surface area contributed by atoms with Gasteiger partial charge in [0.15, 0.2) is 0 Å². The molecule has 1 saturated carbocycles. The van der Waals surface area contributed by atoms with E-state index in [1.54, 1.807) is 0 Å². The molecule has 0 saturated heterocycles. The Balaban J connectivity index is 1.95. The lowest BCUT2D eigenvalue weighted by molar-refractivity contribution is 0.347. The zero-order valence-corrected chi connectivity index (χ0v) is 8.23. The Morgan fingerprint density at radius 1 is 1.53 bits per heavy atom. The van der Waals surface area contributed by atoms with Crippen LogP contribution in [-0.2, 0) is 5.41 Å². The standard InChI is InChI=1S/C10H12N4O/c11-6-10(3-4-10)9-13-8(14-15-9)7-2-1-5-12-7/h1-2,5,12H,3-4,6,11H2. The number of H-pyrrole nitrogens is 1. The second-order valence-corrected chi connectivity index (χ2v) is 3.99. The zero-order chi connectivity index (χ0) is 10.3. The molecule has 0 radical (unpaired) electrons. The van der Waals surface area contributed by atoms with E-state index in [0.717, 1.165) is 18.5 Å². The second-order valence-electron chi connectivity index (χ2n) is 3.99. The highest BCUT2D eigenvalue weighted by atomic mass is 16.5. The summed E-state index contributed by atoms with van der Waals surface area (Å²) in [6, 6.07) is 3.82. The summed E-state index contributed by atoms with van der Waals surface area (Å²) in [5.41, 5.74) is 6.54. The minimum atomic E-state index is -0.0299. The minimum absolute atomic E-state index is 0.0299. The van der Waals surface area contributed by atoms with Gasteiger partial charge < -0.3 is 15.2 Å². The topological polar surface area (TPSA) is 80.7 Å². The Morgan fingerprint density at radius 3 is 3.00 bits per heavy atom. The molecular formula is C10H12N4O. The number of rotatable bonds is 3. The monoisotopic (exact) mass is 204 g/mol. The van der Waals surface area contributed by atoms with Gasteiger partial charge in [0.1, 0.15) is 0 Å². The van der Waals surface area contributed by atoms with Crippen LogP contribution in [0.5, 0.6) is 0 Å². The molecule has 2 aromatic heterocycles. The van der Waals surface area contributed by atoms with Gasteiger partial charge in [-0.05, 0) is 25.0 Å². The quantitative estimate of drug-likeness (QED) is 0.783. The molecule has 15 heavy (non-hydrogen) atoms. The number of aromatic nitrogens is 3. The molecular weight excluding hydrogens is 192 g/mol. The molecule has 5 heteroatoms. The summed E-state index contributed by atoms with van der Waals surface area (Å²) in [5, 5.41) is 3.94. The summed E-state index contributed by atoms with van der Waals surface area (Å²) in [6.45, 7) is 0.583. The van der Waals surface area contributed by atoms with Crippen LogP contribution in [0.2, 0.25) is 0 Å². The van der Waals surface area contributed by atoms with Gasteiger partial charge in [-0.25, -0.2) is 0 Å². The molecule has 1 aliphatic carbocycles. The fourth-order valence-corrected chi connectivity index (χ4v) is 1.67. The van der Waals surface area contributed by atoms with Crippen molar-refractivity contribution < 1.29 is 4.52 Å². The molecule has 0 aliphatic heterocycles. The van der Waals surface area contributed by atoms with Gasteiger partial charge >= 0.3 is 0 Å². The van der Waals surface area contributed by atoms with E-state index in [1.165, 1.54) is 0 Å². The molecule has 0 unspecified atom stereocenters. The van der Waals surface area contributed by atoms with Crippen LogP contribution in [0.3, 0.4) is 0 Å². The van der Waals surface area contributed by atoms with Gasteiger partial charge in [-0.15, -0.1) is 0 Å². The molecule has 2 heterocycles. The molecule has 1 fully saturated rings. The molecule has 3 rings (SSSR count). The van der Waals surface area contributed by atoms with Crippen LogP contribution in [0, 0.1) is 0 Å². The fourth-order valence-electron chi connectivity index (χ4n) is 1.67. The predicted molar refractivity (Wildman–Crippen MR) is 54.1 cm³/mol. The van der Waals surface area contributed by atoms with Crippen molar-refractivity contribution in [3.05, 3.63) is 24.2 Å². The first kappa shape index (κ1) is 8.67. The van der Waals surface area contributed by atoms with Gasteiger partial charge in [0, 0.05) is 12.7 Å². The van der Waals surface area contributed by atoms with Crippen molar-refractivity contribution in [3.63, 3.8) is 0 Å². The van der Waals surface area contributed by atoms with E-state index in [1.807, 2.05) is 18.3 Å². The number of hydrogen-bond acceptors (Lipinski definition) is 4. The predicted octanol–water partition coefficient (Wildman–Crippen LogP) is 1.06. The Morgan fingerprint density at radius 2 is 2.40 bits per heavy atom. The van der Waals surface area contributed by atoms with Crippen molar-refractivity contribution in [2.75, 3.05) is 6.54 Å². The van der Waals surface area contributed by atoms with Gasteiger partial charge in [0.2, 0.25) is 11.7 Å². The average molecular weight is 204 g/mol. The Labute approximate surface area is 86.7 Å². The van der Waals surface area contributed by atoms with E-state index < -0.39 is 0 Å². The van der Waals surface area contributed by atoms with Crippen LogP contribution in [-0.4, -0.2) is 21.7 Å². The Kier molecular flexibility index (Phi) is 1.70. The number of nitrogens with two attached hydrogens (primary N) is 1. The van der Waals surface area contributed by atoms with Crippen molar-refractivity contribution in [3.8, 4) is 11.5 Å². The molecule has 0 bridgehead atoms. The maximum absolute atomic E-state index is 5.69. The molecule has 3 N–H and O–H groups in total. The molecule has 1 aliphatic rings. The van der Waals surface area contributed by atoms with Gasteiger partial charge in [0.05, 0.1) is 11.1 Å². The Hall–Kier alpha value is -1.62. The van der Waals surface area contributed by atoms with Gasteiger partial charge in [-0.3, -0.25) is 0 Å². The van der Waals surface area contributed by atoms with Crippen molar-refractivity contribution in [2.24, 2.45) is 5.73 Å². The fraction of sp³-hybridized carbons (Fsp3) is 0.400. The van der Waals surface area contributed by atoms with E-state index in [9.17, 15) is 0 Å². The third kappa shape index (κ3) is 1.27. The van der Waals surface area contributed by atoms with E-state index in [-0.39, 0.29) is 5.41 Å². The van der Waals surface area contributed by atoms with Crippen molar-refractivity contribution in [1.82, 2.24) is 15.1 Å². The average Bonchev–Trinajstić information content (AvgIpc) is 2.74. The molecule has 2 aromatic rings. The van der Waals surface area contributed by atoms with Crippen LogP contribution < -0.4 is 5.73 Å². The molecule has 5 nitrogen and oxygen atoms in total. The number of hydrogen-bond donors (Lipinski definition) is 2. The van der Waals surface area contributed by atoms with Crippen LogP contribution in [0.1, 0.15) is 18.7 Å². The highest BCUT2D eigenvalue weighted by Crippen LogP contribution is 2.46. The van der Waals surface area contributed by atoms with Crippen molar-refractivity contribution in [1.29, 1.82) is 0 Å². The van der Waals surface area contributed by atoms with E-state index in [4.69, 9.17) is 10.3 Å². The highest BCUT2D eigenvalue weighted by molar-refractivity contribution is 5.48. The smallest absolute Gasteiger partial charge is 0.234 e. The normalized spacial score (nSPS) is 17.9. The second kappa shape index (κ2) is 2.93. The van der Waals surface area contributed by atoms with Crippen LogP contribution in [0.25, 0.3) is 11.5 Å². The summed E-state index contributed by atoms with van der Waals surface area (Å²) >= 11 is 0. The van der Waals surface area contributed by atoms with Gasteiger partial charge in [0.25, 0.3) is 0 Å². The summed E-state index contributed by atoms with van der Waals surface area (Å²) < 4.78 is 5.25. The molecule has 0 spiro atoms. The van der Waals surface area contributed by atoms with Crippen molar-refractivity contribution in [2.45, 2.75) is 18.3 Å². The van der Waals surface area contributed by atoms with Crippen LogP contribution in [0.4, 0.5) is 0 Å². The minimum Gasteiger partial charge on any atom is -0.359 e. The molecule has 0 atom stereocenters. The lowest BCUT2D eigenvalue weighted by Gasteiger charge is -2.03. The summed E-state index contributed by atoms with van der Waals surface area (Å²) in [5.74, 6) is 1.28. The molecule has 0 aromatic carbocycles. The van der Waals surface area contributed by atoms with E-state index in [2.05, 4.69) is 15.1 Å². The summed E-state index contributed by atoms with van der Waals surface area (Å²) in [7, 11) is 0. The number of nitrogens with one attached hydrogen (secondary N) is 1. The van der Waals surface area contributed by atoms with Gasteiger partial charge in [-0.2, -0.15) is 4.98 Å². The first-order valence-electron chi connectivity index (χ1n) is 5.02. The van der Waals surface area contributed by atoms with Crippen molar-refractivity contribution >= 4 is 0 Å². The largest absolute Gasteiger partial charge is 0.359 e. The Bertz CT molecular complexity index is 455. The number of nitrogens with zero attached hydrogens (tertiary/aromatic N) is 2. The summed E-state index contributed by atoms with van der Waals surface area (Å²) in [4.78, 5) is 7.41. The van der Waals surface area contributed by atoms with E-state index in [0.29, 0.717) is 18.3 Å². The maximum Gasteiger partial charge on any atom is 0.234 e. The number of aromatic amines is 1. The van der Waals surface area contributed by atoms with Gasteiger partial charge in [-0.1, -0.05) is 5.16 Å². The molecule has 78 valence electrons. The maximum atomic E-state index is 5.69. The molecule has 0 amide bonds. The summed E-state index contributed by atoms with van der Waals surface area (Å²) in [6.07, 6.45) is 3.94. The lowest BCUT2D eigenvalue weighted by atomic mass is 10.1.